The molecule has 0 unspecified atom stereocenters. The largest absolute Gasteiger partial charge is 0.362 e. The van der Waals surface area contributed by atoms with Crippen molar-refractivity contribution in [2.24, 2.45) is 0 Å². The van der Waals surface area contributed by atoms with Gasteiger partial charge in [0.25, 0.3) is 0 Å². The Labute approximate surface area is 137 Å². The van der Waals surface area contributed by atoms with Crippen molar-refractivity contribution in [3.05, 3.63) is 90.9 Å². The van der Waals surface area contributed by atoms with Gasteiger partial charge in [-0.3, -0.25) is 4.98 Å². The molecule has 3 nitrogen and oxygen atoms in total. The van der Waals surface area contributed by atoms with Crippen LogP contribution >= 0.6 is 0 Å². The minimum atomic E-state index is 0.995. The molecule has 1 aliphatic heterocycles. The van der Waals surface area contributed by atoms with Crippen molar-refractivity contribution in [1.29, 1.82) is 0 Å². The Morgan fingerprint density at radius 3 is 2.35 bits per heavy atom. The highest BCUT2D eigenvalue weighted by molar-refractivity contribution is 5.77. The molecule has 4 rings (SSSR count). The second kappa shape index (κ2) is 7.45. The molecule has 116 valence electrons. The van der Waals surface area contributed by atoms with Gasteiger partial charge in [0, 0.05) is 37.6 Å². The first-order valence-electron chi connectivity index (χ1n) is 7.77. The summed E-state index contributed by atoms with van der Waals surface area (Å²) >= 11 is 0. The van der Waals surface area contributed by atoms with E-state index in [1.54, 1.807) is 0 Å². The van der Waals surface area contributed by atoms with Crippen LogP contribution in [0.1, 0.15) is 5.56 Å². The van der Waals surface area contributed by atoms with Crippen LogP contribution in [0.4, 0.5) is 0 Å². The summed E-state index contributed by atoms with van der Waals surface area (Å²) in [6.07, 6.45) is 6.04. The van der Waals surface area contributed by atoms with E-state index in [1.807, 2.05) is 30.5 Å². The zero-order chi connectivity index (χ0) is 15.9. The molecule has 0 saturated heterocycles. The zero-order valence-electron chi connectivity index (χ0n) is 13.3. The van der Waals surface area contributed by atoms with Gasteiger partial charge in [-0.15, -0.1) is 0 Å². The number of rotatable bonds is 2. The summed E-state index contributed by atoms with van der Waals surface area (Å²) in [5.74, 6) is 0. The highest BCUT2D eigenvalue weighted by Crippen LogP contribution is 2.10. The summed E-state index contributed by atoms with van der Waals surface area (Å²) in [7, 11) is 2.08. The van der Waals surface area contributed by atoms with Crippen LogP contribution in [0.2, 0.25) is 0 Å². The summed E-state index contributed by atoms with van der Waals surface area (Å²) in [5, 5.41) is 1.20. The van der Waals surface area contributed by atoms with Crippen LogP contribution < -0.4 is 0 Å². The lowest BCUT2D eigenvalue weighted by Crippen LogP contribution is -2.21. The Morgan fingerprint density at radius 1 is 0.870 bits per heavy atom. The molecule has 0 N–H and O–H groups in total. The van der Waals surface area contributed by atoms with Gasteiger partial charge in [-0.05, 0) is 17.7 Å². The number of nitrogens with zero attached hydrogens (tertiary/aromatic N) is 3. The minimum Gasteiger partial charge on any atom is -0.362 e. The highest BCUT2D eigenvalue weighted by Gasteiger charge is 2.07. The predicted octanol–water partition coefficient (Wildman–Crippen LogP) is 4.10. The first-order chi connectivity index (χ1) is 11.3. The summed E-state index contributed by atoms with van der Waals surface area (Å²) in [5.41, 5.74) is 2.42. The van der Waals surface area contributed by atoms with Crippen molar-refractivity contribution >= 4 is 10.9 Å². The van der Waals surface area contributed by atoms with Crippen molar-refractivity contribution in [1.82, 2.24) is 14.8 Å². The lowest BCUT2D eigenvalue weighted by Gasteiger charge is -2.17. The van der Waals surface area contributed by atoms with Gasteiger partial charge in [0.05, 0.1) is 12.2 Å². The Morgan fingerprint density at radius 2 is 1.61 bits per heavy atom. The molecular weight excluding hydrogens is 282 g/mol. The van der Waals surface area contributed by atoms with Crippen LogP contribution in [0.15, 0.2) is 85.3 Å². The number of pyridine rings is 1. The summed E-state index contributed by atoms with van der Waals surface area (Å²) in [6, 6.07) is 22.6. The fourth-order valence-corrected chi connectivity index (χ4v) is 2.53. The van der Waals surface area contributed by atoms with E-state index in [2.05, 4.69) is 76.7 Å². The van der Waals surface area contributed by atoms with Gasteiger partial charge in [-0.25, -0.2) is 0 Å². The number of hydrogen-bond donors (Lipinski definition) is 0. The molecule has 0 fully saturated rings. The molecule has 0 atom stereocenters. The lowest BCUT2D eigenvalue weighted by atomic mass is 10.2. The summed E-state index contributed by atoms with van der Waals surface area (Å²) in [4.78, 5) is 8.64. The highest BCUT2D eigenvalue weighted by atomic mass is 15.3. The minimum absolute atomic E-state index is 0.995. The number of aromatic nitrogens is 1. The first-order valence-corrected chi connectivity index (χ1v) is 7.77. The molecule has 1 aromatic heterocycles. The Balaban J connectivity index is 0.000000140. The molecule has 0 bridgehead atoms. The fourth-order valence-electron chi connectivity index (χ4n) is 2.53. The van der Waals surface area contributed by atoms with E-state index < -0.39 is 0 Å². The molecule has 2 aromatic carbocycles. The molecule has 0 spiro atoms. The third kappa shape index (κ3) is 4.33. The van der Waals surface area contributed by atoms with Crippen molar-refractivity contribution in [3.63, 3.8) is 0 Å². The second-order valence-corrected chi connectivity index (χ2v) is 5.63. The third-order valence-electron chi connectivity index (χ3n) is 3.68. The van der Waals surface area contributed by atoms with E-state index in [9.17, 15) is 0 Å². The molecule has 1 aliphatic rings. The summed E-state index contributed by atoms with van der Waals surface area (Å²) in [6.45, 7) is 2.00. The van der Waals surface area contributed by atoms with Gasteiger partial charge in [0.15, 0.2) is 0 Å². The van der Waals surface area contributed by atoms with Crippen LogP contribution in [0.3, 0.4) is 0 Å². The molecule has 2 heterocycles. The maximum atomic E-state index is 4.18. The number of benzene rings is 2. The molecule has 3 heteroatoms. The van der Waals surface area contributed by atoms with E-state index in [4.69, 9.17) is 0 Å². The molecule has 0 aliphatic carbocycles. The fraction of sp³-hybridized carbons (Fsp3) is 0.150. The van der Waals surface area contributed by atoms with Gasteiger partial charge in [-0.2, -0.15) is 0 Å². The maximum absolute atomic E-state index is 4.18. The zero-order valence-corrected chi connectivity index (χ0v) is 13.3. The third-order valence-corrected chi connectivity index (χ3v) is 3.68. The Hall–Kier alpha value is -2.81. The average Bonchev–Trinajstić information content (AvgIpc) is 3.01. The molecular formula is C20H21N3. The standard InChI is InChI=1S/C11H14N2.C9H7N/c1-12-7-8-13(10-12)9-11-5-3-2-4-6-11;1-2-6-9-8(4-1)5-3-7-10-9/h2-8H,9-10H2,1H3;1-7H. The van der Waals surface area contributed by atoms with Gasteiger partial charge in [0.1, 0.15) is 0 Å². The van der Waals surface area contributed by atoms with Gasteiger partial charge in [-0.1, -0.05) is 54.6 Å². The second-order valence-electron chi connectivity index (χ2n) is 5.63. The van der Waals surface area contributed by atoms with Crippen molar-refractivity contribution in [2.75, 3.05) is 13.7 Å². The molecule has 0 radical (unpaired) electrons. The van der Waals surface area contributed by atoms with Crippen LogP contribution in [0.25, 0.3) is 10.9 Å². The van der Waals surface area contributed by atoms with Crippen LogP contribution in [0, 0.1) is 0 Å². The Kier molecular flexibility index (Phi) is 4.89. The van der Waals surface area contributed by atoms with E-state index >= 15 is 0 Å². The Bertz CT molecular complexity index is 702. The average molecular weight is 303 g/mol. The molecule has 23 heavy (non-hydrogen) atoms. The molecule has 3 aromatic rings. The van der Waals surface area contributed by atoms with Crippen molar-refractivity contribution in [3.8, 4) is 0 Å². The summed E-state index contributed by atoms with van der Waals surface area (Å²) < 4.78 is 0. The van der Waals surface area contributed by atoms with E-state index in [1.165, 1.54) is 10.9 Å². The van der Waals surface area contributed by atoms with Gasteiger partial charge < -0.3 is 9.80 Å². The predicted molar refractivity (Wildman–Crippen MR) is 95.5 cm³/mol. The topological polar surface area (TPSA) is 19.4 Å². The maximum Gasteiger partial charge on any atom is 0.0894 e. The van der Waals surface area contributed by atoms with Crippen molar-refractivity contribution < 1.29 is 0 Å². The first kappa shape index (κ1) is 15.1. The number of hydrogen-bond acceptors (Lipinski definition) is 3. The quantitative estimate of drug-likeness (QED) is 0.710. The van der Waals surface area contributed by atoms with Crippen LogP contribution in [0.5, 0.6) is 0 Å². The lowest BCUT2D eigenvalue weighted by molar-refractivity contribution is 0.291. The SMILES string of the molecule is CN1C=CN(Cc2ccccc2)C1.c1ccc2ncccc2c1. The molecule has 0 saturated carbocycles. The normalized spacial score (nSPS) is 13.1. The van der Waals surface area contributed by atoms with Gasteiger partial charge in [0.2, 0.25) is 0 Å². The number of fused-ring (bicyclic) bond motifs is 1. The molecule has 0 amide bonds. The van der Waals surface area contributed by atoms with E-state index in [-0.39, 0.29) is 0 Å². The van der Waals surface area contributed by atoms with Crippen molar-refractivity contribution in [2.45, 2.75) is 6.54 Å². The van der Waals surface area contributed by atoms with E-state index in [0.717, 1.165) is 18.7 Å². The number of para-hydroxylation sites is 1. The van der Waals surface area contributed by atoms with E-state index in [0.29, 0.717) is 0 Å². The van der Waals surface area contributed by atoms with Gasteiger partial charge >= 0.3 is 0 Å². The van der Waals surface area contributed by atoms with Crippen LogP contribution in [-0.2, 0) is 6.54 Å². The monoisotopic (exact) mass is 303 g/mol. The smallest absolute Gasteiger partial charge is 0.0894 e. The van der Waals surface area contributed by atoms with Crippen LogP contribution in [-0.4, -0.2) is 28.5 Å².